The number of aromatic nitrogens is 1. The SMILES string of the molecule is Cc1ccc(OCc2ccccc2Br)c(CNC2CC2)n1. The normalized spacial score (nSPS) is 14.2. The highest BCUT2D eigenvalue weighted by atomic mass is 79.9. The van der Waals surface area contributed by atoms with Gasteiger partial charge >= 0.3 is 0 Å². The Hall–Kier alpha value is -1.39. The quantitative estimate of drug-likeness (QED) is 0.858. The third-order valence-electron chi connectivity index (χ3n) is 3.55. The highest BCUT2D eigenvalue weighted by Gasteiger charge is 2.21. The number of benzene rings is 1. The molecule has 0 aliphatic heterocycles. The Bertz CT molecular complexity index is 626. The first kappa shape index (κ1) is 14.5. The molecule has 0 radical (unpaired) electrons. The minimum Gasteiger partial charge on any atom is -0.487 e. The molecule has 1 aliphatic carbocycles. The van der Waals surface area contributed by atoms with Gasteiger partial charge in [-0.3, -0.25) is 4.98 Å². The predicted octanol–water partition coefficient (Wildman–Crippen LogP) is 3.98. The number of ether oxygens (including phenoxy) is 1. The minimum absolute atomic E-state index is 0.544. The largest absolute Gasteiger partial charge is 0.487 e. The van der Waals surface area contributed by atoms with Gasteiger partial charge < -0.3 is 10.1 Å². The van der Waals surface area contributed by atoms with Gasteiger partial charge in [-0.15, -0.1) is 0 Å². The summed E-state index contributed by atoms with van der Waals surface area (Å²) in [6, 6.07) is 12.8. The summed E-state index contributed by atoms with van der Waals surface area (Å²) in [5, 5.41) is 3.50. The van der Waals surface area contributed by atoms with Gasteiger partial charge in [-0.25, -0.2) is 0 Å². The van der Waals surface area contributed by atoms with E-state index >= 15 is 0 Å². The molecule has 1 aromatic carbocycles. The van der Waals surface area contributed by atoms with Crippen LogP contribution in [0.4, 0.5) is 0 Å². The molecular weight excluding hydrogens is 328 g/mol. The van der Waals surface area contributed by atoms with Gasteiger partial charge in [0.1, 0.15) is 12.4 Å². The number of nitrogens with one attached hydrogen (secondary N) is 1. The lowest BCUT2D eigenvalue weighted by Crippen LogP contribution is -2.17. The van der Waals surface area contributed by atoms with Crippen LogP contribution in [-0.4, -0.2) is 11.0 Å². The Morgan fingerprint density at radius 3 is 2.81 bits per heavy atom. The third kappa shape index (κ3) is 4.05. The molecule has 3 rings (SSSR count). The second-order valence-corrected chi connectivity index (χ2v) is 6.29. The van der Waals surface area contributed by atoms with Gasteiger partial charge in [-0.2, -0.15) is 0 Å². The van der Waals surface area contributed by atoms with Crippen molar-refractivity contribution < 1.29 is 4.74 Å². The molecule has 21 heavy (non-hydrogen) atoms. The lowest BCUT2D eigenvalue weighted by molar-refractivity contribution is 0.299. The maximum absolute atomic E-state index is 5.98. The topological polar surface area (TPSA) is 34.1 Å². The maximum atomic E-state index is 5.98. The van der Waals surface area contributed by atoms with Crippen LogP contribution in [0, 0.1) is 6.92 Å². The van der Waals surface area contributed by atoms with Crippen LogP contribution in [0.25, 0.3) is 0 Å². The summed E-state index contributed by atoms with van der Waals surface area (Å²) in [4.78, 5) is 4.61. The second kappa shape index (κ2) is 6.58. The van der Waals surface area contributed by atoms with Crippen molar-refractivity contribution in [1.82, 2.24) is 10.3 Å². The smallest absolute Gasteiger partial charge is 0.142 e. The first-order chi connectivity index (χ1) is 10.2. The summed E-state index contributed by atoms with van der Waals surface area (Å²) in [5.74, 6) is 0.865. The Balaban J connectivity index is 1.70. The summed E-state index contributed by atoms with van der Waals surface area (Å²) < 4.78 is 7.05. The van der Waals surface area contributed by atoms with Crippen LogP contribution < -0.4 is 10.1 Å². The zero-order valence-corrected chi connectivity index (χ0v) is 13.7. The summed E-state index contributed by atoms with van der Waals surface area (Å²) >= 11 is 3.55. The van der Waals surface area contributed by atoms with Gasteiger partial charge in [-0.1, -0.05) is 34.1 Å². The van der Waals surface area contributed by atoms with Crippen molar-refractivity contribution in [3.63, 3.8) is 0 Å². The summed E-state index contributed by atoms with van der Waals surface area (Å²) in [7, 11) is 0. The average Bonchev–Trinajstić information content (AvgIpc) is 3.30. The molecule has 1 fully saturated rings. The van der Waals surface area contributed by atoms with E-state index in [1.54, 1.807) is 0 Å². The summed E-state index contributed by atoms with van der Waals surface area (Å²) in [6.45, 7) is 3.33. The van der Waals surface area contributed by atoms with Crippen molar-refractivity contribution in [2.75, 3.05) is 0 Å². The Labute approximate surface area is 133 Å². The standard InChI is InChI=1S/C17H19BrN2O/c1-12-6-9-17(16(20-12)10-19-14-7-8-14)21-11-13-4-2-3-5-15(13)18/h2-6,9,14,19H,7-8,10-11H2,1H3. The second-order valence-electron chi connectivity index (χ2n) is 5.43. The molecule has 0 bridgehead atoms. The molecule has 1 aliphatic rings. The summed E-state index contributed by atoms with van der Waals surface area (Å²) in [5.41, 5.74) is 3.16. The molecule has 110 valence electrons. The van der Waals surface area contributed by atoms with Gasteiger partial charge in [0, 0.05) is 28.3 Å². The lowest BCUT2D eigenvalue weighted by Gasteiger charge is -2.13. The van der Waals surface area contributed by atoms with Gasteiger partial charge in [-0.05, 0) is 38.0 Å². The number of aryl methyl sites for hydroxylation is 1. The molecule has 2 aromatic rings. The molecule has 0 unspecified atom stereocenters. The molecule has 0 spiro atoms. The van der Waals surface area contributed by atoms with Gasteiger partial charge in [0.2, 0.25) is 0 Å². The molecule has 0 atom stereocenters. The highest BCUT2D eigenvalue weighted by molar-refractivity contribution is 9.10. The highest BCUT2D eigenvalue weighted by Crippen LogP contribution is 2.24. The molecular formula is C17H19BrN2O. The fourth-order valence-electron chi connectivity index (χ4n) is 2.16. The van der Waals surface area contributed by atoms with Gasteiger partial charge in [0.05, 0.1) is 5.69 Å². The Morgan fingerprint density at radius 2 is 2.05 bits per heavy atom. The molecule has 0 amide bonds. The van der Waals surface area contributed by atoms with Crippen molar-refractivity contribution in [2.24, 2.45) is 0 Å². The van der Waals surface area contributed by atoms with E-state index in [0.29, 0.717) is 12.6 Å². The number of hydrogen-bond acceptors (Lipinski definition) is 3. The molecule has 4 heteroatoms. The number of hydrogen-bond donors (Lipinski definition) is 1. The lowest BCUT2D eigenvalue weighted by atomic mass is 10.2. The molecule has 1 saturated carbocycles. The fraction of sp³-hybridized carbons (Fsp3) is 0.353. The number of halogens is 1. The van der Waals surface area contributed by atoms with E-state index in [1.165, 1.54) is 12.8 Å². The van der Waals surface area contributed by atoms with Crippen LogP contribution in [-0.2, 0) is 13.2 Å². The monoisotopic (exact) mass is 346 g/mol. The van der Waals surface area contributed by atoms with Crippen molar-refractivity contribution in [2.45, 2.75) is 39.0 Å². The Morgan fingerprint density at radius 1 is 1.24 bits per heavy atom. The van der Waals surface area contributed by atoms with Crippen LogP contribution in [0.1, 0.15) is 29.8 Å². The first-order valence-corrected chi connectivity index (χ1v) is 8.08. The van der Waals surface area contributed by atoms with Crippen molar-refractivity contribution in [1.29, 1.82) is 0 Å². The minimum atomic E-state index is 0.544. The van der Waals surface area contributed by atoms with E-state index in [1.807, 2.05) is 37.3 Å². The maximum Gasteiger partial charge on any atom is 0.142 e. The molecule has 3 nitrogen and oxygen atoms in total. The van der Waals surface area contributed by atoms with E-state index < -0.39 is 0 Å². The fourth-order valence-corrected chi connectivity index (χ4v) is 2.55. The van der Waals surface area contributed by atoms with E-state index in [-0.39, 0.29) is 0 Å². The van der Waals surface area contributed by atoms with Crippen LogP contribution in [0.5, 0.6) is 5.75 Å². The van der Waals surface area contributed by atoms with E-state index in [9.17, 15) is 0 Å². The average molecular weight is 347 g/mol. The van der Waals surface area contributed by atoms with Crippen molar-refractivity contribution >= 4 is 15.9 Å². The van der Waals surface area contributed by atoms with E-state index in [2.05, 4.69) is 32.3 Å². The number of nitrogens with zero attached hydrogens (tertiary/aromatic N) is 1. The number of pyridine rings is 1. The predicted molar refractivity (Wildman–Crippen MR) is 87.3 cm³/mol. The summed E-state index contributed by atoms with van der Waals surface area (Å²) in [6.07, 6.45) is 2.55. The van der Waals surface area contributed by atoms with Crippen LogP contribution >= 0.6 is 15.9 Å². The zero-order valence-electron chi connectivity index (χ0n) is 12.1. The molecule has 1 N–H and O–H groups in total. The van der Waals surface area contributed by atoms with Gasteiger partial charge in [0.25, 0.3) is 0 Å². The van der Waals surface area contributed by atoms with E-state index in [4.69, 9.17) is 4.74 Å². The van der Waals surface area contributed by atoms with Crippen LogP contribution in [0.15, 0.2) is 40.9 Å². The van der Waals surface area contributed by atoms with Crippen LogP contribution in [0.2, 0.25) is 0 Å². The molecule has 0 saturated heterocycles. The zero-order chi connectivity index (χ0) is 14.7. The van der Waals surface area contributed by atoms with Gasteiger partial charge in [0.15, 0.2) is 0 Å². The first-order valence-electron chi connectivity index (χ1n) is 7.28. The van der Waals surface area contributed by atoms with Crippen molar-refractivity contribution in [3.8, 4) is 5.75 Å². The van der Waals surface area contributed by atoms with E-state index in [0.717, 1.165) is 33.7 Å². The third-order valence-corrected chi connectivity index (χ3v) is 4.32. The molecule has 1 heterocycles. The Kier molecular flexibility index (Phi) is 4.56. The van der Waals surface area contributed by atoms with Crippen LogP contribution in [0.3, 0.4) is 0 Å². The van der Waals surface area contributed by atoms with Crippen molar-refractivity contribution in [3.05, 3.63) is 57.8 Å². The number of rotatable bonds is 6. The molecule has 1 aromatic heterocycles.